The normalized spacial score (nSPS) is 15.4. The van der Waals surface area contributed by atoms with Gasteiger partial charge in [-0.2, -0.15) is 0 Å². The number of pyridine rings is 1. The lowest BCUT2D eigenvalue weighted by Crippen LogP contribution is -2.06. The van der Waals surface area contributed by atoms with Crippen molar-refractivity contribution in [2.45, 2.75) is 0 Å². The van der Waals surface area contributed by atoms with E-state index in [1.807, 2.05) is 0 Å². The van der Waals surface area contributed by atoms with Crippen LogP contribution in [-0.2, 0) is 9.53 Å². The maximum atomic E-state index is 11.9. The van der Waals surface area contributed by atoms with E-state index in [0.29, 0.717) is 11.1 Å². The Labute approximate surface area is 135 Å². The largest absolute Gasteiger partial charge is 0.402 e. The van der Waals surface area contributed by atoms with Gasteiger partial charge in [0, 0.05) is 24.5 Å². The van der Waals surface area contributed by atoms with Crippen molar-refractivity contribution in [3.63, 3.8) is 0 Å². The monoisotopic (exact) mass is 329 g/mol. The molecule has 0 bridgehead atoms. The van der Waals surface area contributed by atoms with Crippen LogP contribution in [-0.4, -0.2) is 21.8 Å². The van der Waals surface area contributed by atoms with Crippen molar-refractivity contribution >= 4 is 35.2 Å². The van der Waals surface area contributed by atoms with Gasteiger partial charge in [0.05, 0.1) is 15.5 Å². The summed E-state index contributed by atoms with van der Waals surface area (Å²) in [6.45, 7) is 0. The number of cyclic esters (lactones) is 1. The van der Waals surface area contributed by atoms with Gasteiger partial charge in [0.1, 0.15) is 0 Å². The predicted molar refractivity (Wildman–Crippen MR) is 82.9 cm³/mol. The van der Waals surface area contributed by atoms with E-state index in [1.165, 1.54) is 24.3 Å². The van der Waals surface area contributed by atoms with Crippen molar-refractivity contribution in [3.8, 4) is 0 Å². The Balaban J connectivity index is 1.96. The van der Waals surface area contributed by atoms with Gasteiger partial charge in [0.2, 0.25) is 5.90 Å². The summed E-state index contributed by atoms with van der Waals surface area (Å²) in [5, 5.41) is 10.8. The average molecular weight is 330 g/mol. The van der Waals surface area contributed by atoms with Crippen LogP contribution in [0.25, 0.3) is 6.08 Å². The third-order valence-electron chi connectivity index (χ3n) is 3.00. The fraction of sp³-hybridized carbons (Fsp3) is 0. The fourth-order valence-electron chi connectivity index (χ4n) is 1.93. The first-order valence-corrected chi connectivity index (χ1v) is 6.79. The third kappa shape index (κ3) is 3.09. The van der Waals surface area contributed by atoms with E-state index in [9.17, 15) is 14.9 Å². The van der Waals surface area contributed by atoms with E-state index in [1.54, 1.807) is 24.5 Å². The van der Waals surface area contributed by atoms with Crippen LogP contribution in [0.5, 0.6) is 0 Å². The first-order valence-electron chi connectivity index (χ1n) is 6.41. The third-order valence-corrected chi connectivity index (χ3v) is 3.31. The summed E-state index contributed by atoms with van der Waals surface area (Å²) < 4.78 is 5.08. The summed E-state index contributed by atoms with van der Waals surface area (Å²) in [4.78, 5) is 30.1. The summed E-state index contributed by atoms with van der Waals surface area (Å²) in [6.07, 6.45) is 4.72. The topological polar surface area (TPSA) is 94.7 Å². The number of aromatic nitrogens is 1. The highest BCUT2D eigenvalue weighted by Crippen LogP contribution is 2.27. The number of benzene rings is 1. The summed E-state index contributed by atoms with van der Waals surface area (Å²) in [6, 6.07) is 7.32. The van der Waals surface area contributed by atoms with Crippen LogP contribution >= 0.6 is 11.6 Å². The minimum absolute atomic E-state index is 0.00467. The van der Waals surface area contributed by atoms with Crippen LogP contribution in [0.15, 0.2) is 53.4 Å². The van der Waals surface area contributed by atoms with E-state index >= 15 is 0 Å². The molecule has 1 aromatic carbocycles. The van der Waals surface area contributed by atoms with E-state index in [-0.39, 0.29) is 22.3 Å². The molecular weight excluding hydrogens is 322 g/mol. The van der Waals surface area contributed by atoms with E-state index in [2.05, 4.69) is 9.98 Å². The number of halogens is 1. The number of nitro groups is 1. The number of non-ortho nitro benzene ring substituents is 1. The molecule has 0 radical (unpaired) electrons. The van der Waals surface area contributed by atoms with Gasteiger partial charge in [-0.25, -0.2) is 9.79 Å². The first-order chi connectivity index (χ1) is 11.0. The highest BCUT2D eigenvalue weighted by Gasteiger charge is 2.26. The molecular formula is C15H8ClN3O4. The molecule has 0 unspecified atom stereocenters. The maximum absolute atomic E-state index is 11.9. The van der Waals surface area contributed by atoms with Gasteiger partial charge in [0.15, 0.2) is 5.70 Å². The molecule has 3 rings (SSSR count). The van der Waals surface area contributed by atoms with Gasteiger partial charge in [-0.1, -0.05) is 17.7 Å². The Morgan fingerprint density at radius 1 is 1.30 bits per heavy atom. The van der Waals surface area contributed by atoms with Gasteiger partial charge in [0.25, 0.3) is 5.69 Å². The van der Waals surface area contributed by atoms with Gasteiger partial charge in [-0.05, 0) is 23.8 Å². The molecule has 8 heteroatoms. The summed E-state index contributed by atoms with van der Waals surface area (Å²) in [5.74, 6) is -0.622. The molecule has 0 N–H and O–H groups in total. The van der Waals surface area contributed by atoms with Crippen LogP contribution < -0.4 is 0 Å². The Morgan fingerprint density at radius 2 is 2.13 bits per heavy atom. The van der Waals surface area contributed by atoms with Crippen molar-refractivity contribution in [1.82, 2.24) is 4.98 Å². The summed E-state index contributed by atoms with van der Waals surface area (Å²) in [5.41, 5.74) is 0.941. The molecule has 2 aromatic rings. The Bertz CT molecular complexity index is 862. The van der Waals surface area contributed by atoms with E-state index in [0.717, 1.165) is 0 Å². The van der Waals surface area contributed by atoms with Gasteiger partial charge >= 0.3 is 5.97 Å². The molecule has 0 fully saturated rings. The molecule has 0 saturated heterocycles. The molecule has 7 nitrogen and oxygen atoms in total. The molecule has 1 aliphatic heterocycles. The van der Waals surface area contributed by atoms with Crippen LogP contribution in [0, 0.1) is 10.1 Å². The molecule has 1 aliphatic rings. The standard InChI is InChI=1S/C15H8ClN3O4/c16-12-7-10(19(21)22)3-4-11(12)14-18-13(15(20)23-14)6-9-2-1-5-17-8-9/h1-8H/b13-6-. The smallest absolute Gasteiger partial charge is 0.363 e. The maximum Gasteiger partial charge on any atom is 0.363 e. The number of hydrogen-bond donors (Lipinski definition) is 0. The number of carbonyl (C=O) groups is 1. The van der Waals surface area contributed by atoms with Crippen molar-refractivity contribution in [2.75, 3.05) is 0 Å². The lowest BCUT2D eigenvalue weighted by molar-refractivity contribution is -0.384. The van der Waals surface area contributed by atoms with Crippen LogP contribution in [0.2, 0.25) is 5.02 Å². The summed E-state index contributed by atoms with van der Waals surface area (Å²) in [7, 11) is 0. The number of aliphatic imine (C=N–C) groups is 1. The van der Waals surface area contributed by atoms with E-state index < -0.39 is 10.9 Å². The highest BCUT2D eigenvalue weighted by molar-refractivity contribution is 6.34. The second-order valence-electron chi connectivity index (χ2n) is 4.54. The average Bonchev–Trinajstić information content (AvgIpc) is 2.89. The lowest BCUT2D eigenvalue weighted by Gasteiger charge is -2.02. The minimum Gasteiger partial charge on any atom is -0.402 e. The number of hydrogen-bond acceptors (Lipinski definition) is 6. The molecule has 2 heterocycles. The zero-order chi connectivity index (χ0) is 16.4. The number of ether oxygens (including phenoxy) is 1. The second-order valence-corrected chi connectivity index (χ2v) is 4.95. The quantitative estimate of drug-likeness (QED) is 0.373. The molecule has 114 valence electrons. The van der Waals surface area contributed by atoms with Crippen molar-refractivity contribution < 1.29 is 14.5 Å². The highest BCUT2D eigenvalue weighted by atomic mass is 35.5. The zero-order valence-corrected chi connectivity index (χ0v) is 12.2. The number of nitrogens with zero attached hydrogens (tertiary/aromatic N) is 3. The van der Waals surface area contributed by atoms with Crippen molar-refractivity contribution in [3.05, 3.63) is 74.7 Å². The van der Waals surface area contributed by atoms with Gasteiger partial charge in [-0.15, -0.1) is 0 Å². The van der Waals surface area contributed by atoms with Crippen molar-refractivity contribution in [1.29, 1.82) is 0 Å². The van der Waals surface area contributed by atoms with Crippen LogP contribution in [0.1, 0.15) is 11.1 Å². The fourth-order valence-corrected chi connectivity index (χ4v) is 2.19. The van der Waals surface area contributed by atoms with Crippen LogP contribution in [0.3, 0.4) is 0 Å². The lowest BCUT2D eigenvalue weighted by atomic mass is 10.2. The van der Waals surface area contributed by atoms with Crippen molar-refractivity contribution in [2.24, 2.45) is 4.99 Å². The Morgan fingerprint density at radius 3 is 2.78 bits per heavy atom. The molecule has 0 amide bonds. The first kappa shape index (κ1) is 14.9. The molecule has 0 aliphatic carbocycles. The Kier molecular flexibility index (Phi) is 3.86. The Hall–Kier alpha value is -3.06. The molecule has 0 atom stereocenters. The van der Waals surface area contributed by atoms with Crippen LogP contribution in [0.4, 0.5) is 5.69 Å². The minimum atomic E-state index is -0.627. The number of esters is 1. The molecule has 0 saturated carbocycles. The predicted octanol–water partition coefficient (Wildman–Crippen LogP) is 2.99. The number of carbonyl (C=O) groups excluding carboxylic acids is 1. The molecule has 0 spiro atoms. The van der Waals surface area contributed by atoms with Gasteiger partial charge in [-0.3, -0.25) is 15.1 Å². The number of nitro benzene ring substituents is 1. The van der Waals surface area contributed by atoms with E-state index in [4.69, 9.17) is 16.3 Å². The SMILES string of the molecule is O=C1OC(c2ccc([N+](=O)[O-])cc2Cl)=N/C1=C\c1cccnc1. The second kappa shape index (κ2) is 5.98. The zero-order valence-electron chi connectivity index (χ0n) is 11.5. The van der Waals surface area contributed by atoms with Gasteiger partial charge < -0.3 is 4.74 Å². The molecule has 23 heavy (non-hydrogen) atoms. The number of rotatable bonds is 3. The molecule has 1 aromatic heterocycles. The summed E-state index contributed by atoms with van der Waals surface area (Å²) >= 11 is 6.00.